The largest absolute Gasteiger partial charge is 0.311 e. The first-order valence-electron chi connectivity index (χ1n) is 7.51. The van der Waals surface area contributed by atoms with Gasteiger partial charge < -0.3 is 5.32 Å². The summed E-state index contributed by atoms with van der Waals surface area (Å²) in [6.45, 7) is 9.59. The molecule has 0 aliphatic carbocycles. The minimum absolute atomic E-state index is 0.0328. The monoisotopic (exact) mass is 316 g/mol. The van der Waals surface area contributed by atoms with Crippen LogP contribution in [0.3, 0.4) is 0 Å². The summed E-state index contributed by atoms with van der Waals surface area (Å²) in [7, 11) is -3.23. The summed E-state index contributed by atoms with van der Waals surface area (Å²) in [5.41, 5.74) is 0. The molecule has 1 saturated heterocycles. The quantitative estimate of drug-likeness (QED) is 0.718. The van der Waals surface area contributed by atoms with Crippen molar-refractivity contribution in [2.24, 2.45) is 17.8 Å². The molecule has 2 atom stereocenters. The molecule has 0 spiro atoms. The highest BCUT2D eigenvalue weighted by Gasteiger charge is 2.41. The van der Waals surface area contributed by atoms with Crippen molar-refractivity contribution in [1.29, 1.82) is 0 Å². The Hall–Kier alpha value is -0.720. The zero-order valence-corrected chi connectivity index (χ0v) is 14.5. The van der Waals surface area contributed by atoms with Gasteiger partial charge in [-0.2, -0.15) is 0 Å². The number of rotatable bonds is 7. The van der Waals surface area contributed by atoms with Crippen LogP contribution in [0.25, 0.3) is 0 Å². The Morgan fingerprint density at radius 2 is 1.90 bits per heavy atom. The molecule has 1 aliphatic rings. The lowest BCUT2D eigenvalue weighted by atomic mass is 9.83. The van der Waals surface area contributed by atoms with Crippen LogP contribution in [-0.4, -0.2) is 50.4 Å². The normalized spacial score (nSPS) is 24.5. The molecule has 122 valence electrons. The molecule has 1 aliphatic heterocycles. The van der Waals surface area contributed by atoms with Gasteiger partial charge in [0.2, 0.25) is 10.0 Å². The van der Waals surface area contributed by atoms with E-state index in [-0.39, 0.29) is 23.5 Å². The summed E-state index contributed by atoms with van der Waals surface area (Å²) in [4.78, 5) is 12.3. The first-order chi connectivity index (χ1) is 9.62. The third-order valence-electron chi connectivity index (χ3n) is 3.95. The lowest BCUT2D eigenvalue weighted by Crippen LogP contribution is -2.28. The average molecular weight is 316 g/mol. The fraction of sp³-hybridized carbons (Fsp3) is 0.800. The lowest BCUT2D eigenvalue weighted by molar-refractivity contribution is -0.119. The number of ketones is 1. The Morgan fingerprint density at radius 3 is 2.38 bits per heavy atom. The number of sulfonamides is 1. The highest BCUT2D eigenvalue weighted by atomic mass is 32.2. The van der Waals surface area contributed by atoms with Crippen LogP contribution in [0.4, 0.5) is 0 Å². The molecule has 0 aromatic rings. The molecule has 0 aromatic heterocycles. The molecule has 1 rings (SSSR count). The first kappa shape index (κ1) is 18.3. The van der Waals surface area contributed by atoms with E-state index in [1.165, 1.54) is 10.6 Å². The molecule has 0 radical (unpaired) electrons. The summed E-state index contributed by atoms with van der Waals surface area (Å²) < 4.78 is 24.8. The molecule has 6 heteroatoms. The minimum atomic E-state index is -3.23. The maximum atomic E-state index is 12.3. The molecule has 21 heavy (non-hydrogen) atoms. The van der Waals surface area contributed by atoms with Crippen LogP contribution < -0.4 is 5.32 Å². The van der Waals surface area contributed by atoms with Crippen LogP contribution in [0.1, 0.15) is 27.7 Å². The Balaban J connectivity index is 2.72. The second-order valence-corrected chi connectivity index (χ2v) is 8.44. The molecule has 0 bridgehead atoms. The number of allylic oxidation sites excluding steroid dienone is 1. The topological polar surface area (TPSA) is 66.5 Å². The fourth-order valence-corrected chi connectivity index (χ4v) is 3.52. The van der Waals surface area contributed by atoms with Gasteiger partial charge in [0.15, 0.2) is 5.78 Å². The molecular formula is C15H28N2O3S. The van der Waals surface area contributed by atoms with Crippen molar-refractivity contribution < 1.29 is 13.2 Å². The maximum absolute atomic E-state index is 12.3. The number of nitrogens with one attached hydrogen (secondary N) is 1. The van der Waals surface area contributed by atoms with Crippen molar-refractivity contribution >= 4 is 15.8 Å². The van der Waals surface area contributed by atoms with Gasteiger partial charge in [-0.15, -0.1) is 0 Å². The molecule has 0 saturated carbocycles. The summed E-state index contributed by atoms with van der Waals surface area (Å²) in [6.07, 6.45) is 4.63. The summed E-state index contributed by atoms with van der Waals surface area (Å²) in [5, 5.41) is 3.21. The van der Waals surface area contributed by atoms with Gasteiger partial charge in [-0.25, -0.2) is 12.7 Å². The van der Waals surface area contributed by atoms with Gasteiger partial charge in [-0.1, -0.05) is 33.8 Å². The van der Waals surface area contributed by atoms with Crippen molar-refractivity contribution in [3.63, 3.8) is 0 Å². The van der Waals surface area contributed by atoms with Gasteiger partial charge in [0.1, 0.15) is 0 Å². The van der Waals surface area contributed by atoms with Crippen LogP contribution in [0.15, 0.2) is 12.2 Å². The highest BCUT2D eigenvalue weighted by Crippen LogP contribution is 2.31. The fourth-order valence-electron chi connectivity index (χ4n) is 2.64. The van der Waals surface area contributed by atoms with Crippen molar-refractivity contribution in [2.45, 2.75) is 33.7 Å². The van der Waals surface area contributed by atoms with Crippen molar-refractivity contribution in [2.75, 3.05) is 25.9 Å². The second-order valence-electron chi connectivity index (χ2n) is 6.46. The zero-order valence-electron chi connectivity index (χ0n) is 13.7. The lowest BCUT2D eigenvalue weighted by Gasteiger charge is -2.19. The van der Waals surface area contributed by atoms with Gasteiger partial charge >= 0.3 is 0 Å². The van der Waals surface area contributed by atoms with Gasteiger partial charge in [0.25, 0.3) is 0 Å². The van der Waals surface area contributed by atoms with Crippen LogP contribution in [0, 0.1) is 17.8 Å². The summed E-state index contributed by atoms with van der Waals surface area (Å²) in [6, 6.07) is 0.375. The predicted octanol–water partition coefficient (Wildman–Crippen LogP) is 1.27. The Labute approximate surface area is 128 Å². The number of nitrogens with zero attached hydrogens (tertiary/aromatic N) is 1. The summed E-state index contributed by atoms with van der Waals surface area (Å²) >= 11 is 0. The van der Waals surface area contributed by atoms with Crippen LogP contribution >= 0.6 is 0 Å². The van der Waals surface area contributed by atoms with Crippen LogP contribution in [0.5, 0.6) is 0 Å². The predicted molar refractivity (Wildman–Crippen MR) is 85.5 cm³/mol. The van der Waals surface area contributed by atoms with E-state index in [2.05, 4.69) is 5.32 Å². The molecular weight excluding hydrogens is 288 g/mol. The molecule has 1 heterocycles. The van der Waals surface area contributed by atoms with Crippen molar-refractivity contribution in [3.8, 4) is 0 Å². The van der Waals surface area contributed by atoms with E-state index in [1.54, 1.807) is 6.08 Å². The van der Waals surface area contributed by atoms with Crippen LogP contribution in [0.2, 0.25) is 0 Å². The third kappa shape index (κ3) is 5.52. The molecule has 0 amide bonds. The molecule has 1 unspecified atom stereocenters. The number of hydrogen-bond acceptors (Lipinski definition) is 4. The first-order valence-corrected chi connectivity index (χ1v) is 9.36. The van der Waals surface area contributed by atoms with E-state index >= 15 is 0 Å². The molecule has 1 N–H and O–H groups in total. The standard InChI is InChI=1S/C15H28N2O3S/c1-11(2)13-9-17(21(5,19)20)10-14(13)15(18)7-6-8-16-12(3)4/h6-7,11-14,16H,8-10H2,1-5H3/t13-,14?/m1/s1. The van der Waals surface area contributed by atoms with E-state index < -0.39 is 10.0 Å². The van der Waals surface area contributed by atoms with E-state index in [4.69, 9.17) is 0 Å². The third-order valence-corrected chi connectivity index (χ3v) is 5.18. The maximum Gasteiger partial charge on any atom is 0.211 e. The van der Waals surface area contributed by atoms with Gasteiger partial charge in [-0.3, -0.25) is 4.79 Å². The molecule has 0 aromatic carbocycles. The van der Waals surface area contributed by atoms with Gasteiger partial charge in [0.05, 0.1) is 6.26 Å². The van der Waals surface area contributed by atoms with Gasteiger partial charge in [-0.05, 0) is 17.9 Å². The minimum Gasteiger partial charge on any atom is -0.311 e. The number of carbonyl (C=O) groups excluding carboxylic acids is 1. The summed E-state index contributed by atoms with van der Waals surface area (Å²) in [5.74, 6) is 0.184. The highest BCUT2D eigenvalue weighted by molar-refractivity contribution is 7.88. The Morgan fingerprint density at radius 1 is 1.29 bits per heavy atom. The SMILES string of the molecule is CC(C)NCC=CC(=O)C1CN(S(C)(=O)=O)C[C@@H]1C(C)C. The van der Waals surface area contributed by atoms with E-state index in [1.807, 2.05) is 33.8 Å². The van der Waals surface area contributed by atoms with Crippen LogP contribution in [-0.2, 0) is 14.8 Å². The smallest absolute Gasteiger partial charge is 0.211 e. The Bertz CT molecular complexity index is 483. The Kier molecular flexibility index (Phi) is 6.56. The molecule has 1 fully saturated rings. The van der Waals surface area contributed by atoms with E-state index in [9.17, 15) is 13.2 Å². The average Bonchev–Trinajstić information content (AvgIpc) is 2.79. The molecule has 5 nitrogen and oxygen atoms in total. The zero-order chi connectivity index (χ0) is 16.2. The van der Waals surface area contributed by atoms with Crippen molar-refractivity contribution in [3.05, 3.63) is 12.2 Å². The number of hydrogen-bond donors (Lipinski definition) is 1. The second kappa shape index (κ2) is 7.51. The number of carbonyl (C=O) groups is 1. The van der Waals surface area contributed by atoms with E-state index in [0.717, 1.165) is 0 Å². The van der Waals surface area contributed by atoms with Gasteiger partial charge in [0, 0.05) is 31.6 Å². The van der Waals surface area contributed by atoms with Crippen molar-refractivity contribution in [1.82, 2.24) is 9.62 Å². The van der Waals surface area contributed by atoms with E-state index in [0.29, 0.717) is 25.7 Å².